The van der Waals surface area contributed by atoms with E-state index in [9.17, 15) is 0 Å². The van der Waals surface area contributed by atoms with Crippen molar-refractivity contribution in [2.45, 2.75) is 45.8 Å². The number of hydrogen-bond acceptors (Lipinski definition) is 6. The first kappa shape index (κ1) is 14.7. The third-order valence-corrected chi connectivity index (χ3v) is 4.65. The second kappa shape index (κ2) is 6.63. The van der Waals surface area contributed by atoms with Gasteiger partial charge in [-0.15, -0.1) is 10.2 Å². The minimum absolute atomic E-state index is 0.606. The van der Waals surface area contributed by atoms with E-state index in [-0.39, 0.29) is 0 Å². The first-order valence-corrected chi connectivity index (χ1v) is 7.92. The highest BCUT2D eigenvalue weighted by molar-refractivity contribution is 7.15. The molecule has 2 unspecified atom stereocenters. The molecule has 2 atom stereocenters. The number of aromatic nitrogens is 2. The SMILES string of the molecule is CCCNc1nnc(CN2CC(C)N(C)C(C)C2)s1. The largest absolute Gasteiger partial charge is 0.360 e. The van der Waals surface area contributed by atoms with Gasteiger partial charge in [0.2, 0.25) is 5.13 Å². The van der Waals surface area contributed by atoms with Gasteiger partial charge >= 0.3 is 0 Å². The number of rotatable bonds is 5. The van der Waals surface area contributed by atoms with Gasteiger partial charge in [-0.25, -0.2) is 0 Å². The predicted octanol–water partition coefficient (Wildman–Crippen LogP) is 1.88. The van der Waals surface area contributed by atoms with E-state index in [1.165, 1.54) is 0 Å². The normalized spacial score (nSPS) is 25.7. The molecule has 0 spiro atoms. The monoisotopic (exact) mass is 283 g/mol. The van der Waals surface area contributed by atoms with Gasteiger partial charge in [0.15, 0.2) is 0 Å². The molecule has 0 aliphatic carbocycles. The molecule has 2 rings (SSSR count). The molecule has 1 aliphatic rings. The Bertz CT molecular complexity index is 382. The van der Waals surface area contributed by atoms with Crippen LogP contribution in [0.4, 0.5) is 5.13 Å². The molecular weight excluding hydrogens is 258 g/mol. The lowest BCUT2D eigenvalue weighted by Gasteiger charge is -2.42. The second-order valence-electron chi connectivity index (χ2n) is 5.49. The lowest BCUT2D eigenvalue weighted by atomic mass is 10.1. The van der Waals surface area contributed by atoms with Crippen molar-refractivity contribution in [3.63, 3.8) is 0 Å². The van der Waals surface area contributed by atoms with Crippen molar-refractivity contribution in [1.29, 1.82) is 0 Å². The summed E-state index contributed by atoms with van der Waals surface area (Å²) in [5.41, 5.74) is 0. The molecule has 0 bridgehead atoms. The average Bonchev–Trinajstić information content (AvgIpc) is 2.81. The molecule has 0 radical (unpaired) electrons. The summed E-state index contributed by atoms with van der Waals surface area (Å²) in [4.78, 5) is 4.93. The highest BCUT2D eigenvalue weighted by Crippen LogP contribution is 2.20. The highest BCUT2D eigenvalue weighted by atomic mass is 32.1. The number of piperazine rings is 1. The summed E-state index contributed by atoms with van der Waals surface area (Å²) < 4.78 is 0. The van der Waals surface area contributed by atoms with E-state index in [0.717, 1.165) is 42.7 Å². The summed E-state index contributed by atoms with van der Waals surface area (Å²) in [7, 11) is 2.21. The van der Waals surface area contributed by atoms with Crippen LogP contribution in [0.5, 0.6) is 0 Å². The van der Waals surface area contributed by atoms with Crippen LogP contribution in [0.3, 0.4) is 0 Å². The van der Waals surface area contributed by atoms with Gasteiger partial charge in [-0.1, -0.05) is 18.3 Å². The molecule has 1 aromatic rings. The van der Waals surface area contributed by atoms with Crippen molar-refractivity contribution >= 4 is 16.5 Å². The minimum atomic E-state index is 0.606. The molecule has 108 valence electrons. The number of hydrogen-bond donors (Lipinski definition) is 1. The first-order chi connectivity index (χ1) is 9.10. The van der Waals surface area contributed by atoms with Crippen LogP contribution in [0.25, 0.3) is 0 Å². The number of likely N-dealkylation sites (N-methyl/N-ethyl adjacent to an activating group) is 1. The Morgan fingerprint density at radius 2 is 1.95 bits per heavy atom. The van der Waals surface area contributed by atoms with Gasteiger partial charge in [-0.3, -0.25) is 9.80 Å². The van der Waals surface area contributed by atoms with Crippen LogP contribution in [-0.2, 0) is 6.54 Å². The Labute approximate surface area is 120 Å². The van der Waals surface area contributed by atoms with E-state index < -0.39 is 0 Å². The van der Waals surface area contributed by atoms with Crippen molar-refractivity contribution in [1.82, 2.24) is 20.0 Å². The molecule has 6 heteroatoms. The maximum absolute atomic E-state index is 4.28. The van der Waals surface area contributed by atoms with Crippen LogP contribution in [0.1, 0.15) is 32.2 Å². The van der Waals surface area contributed by atoms with Crippen molar-refractivity contribution in [3.8, 4) is 0 Å². The molecule has 1 N–H and O–H groups in total. The molecule has 0 aromatic carbocycles. The molecular formula is C13H25N5S. The van der Waals surface area contributed by atoms with E-state index in [1.54, 1.807) is 11.3 Å². The van der Waals surface area contributed by atoms with Crippen LogP contribution in [0.2, 0.25) is 0 Å². The molecule has 1 fully saturated rings. The fourth-order valence-electron chi connectivity index (χ4n) is 2.46. The quantitative estimate of drug-likeness (QED) is 0.894. The van der Waals surface area contributed by atoms with Crippen LogP contribution < -0.4 is 5.32 Å². The Morgan fingerprint density at radius 1 is 1.26 bits per heavy atom. The molecule has 1 aromatic heterocycles. The van der Waals surface area contributed by atoms with E-state index in [2.05, 4.69) is 53.1 Å². The van der Waals surface area contributed by atoms with E-state index in [1.807, 2.05) is 0 Å². The van der Waals surface area contributed by atoms with Crippen LogP contribution >= 0.6 is 11.3 Å². The Morgan fingerprint density at radius 3 is 2.58 bits per heavy atom. The standard InChI is InChI=1S/C13H25N5S/c1-5-6-14-13-16-15-12(19-13)9-18-7-10(2)17(4)11(3)8-18/h10-11H,5-9H2,1-4H3,(H,14,16). The summed E-state index contributed by atoms with van der Waals surface area (Å²) >= 11 is 1.68. The lowest BCUT2D eigenvalue weighted by molar-refractivity contribution is 0.0555. The fraction of sp³-hybridized carbons (Fsp3) is 0.846. The first-order valence-electron chi connectivity index (χ1n) is 7.10. The van der Waals surface area contributed by atoms with E-state index in [0.29, 0.717) is 12.1 Å². The number of anilines is 1. The Balaban J connectivity index is 1.88. The summed E-state index contributed by atoms with van der Waals surface area (Å²) in [5, 5.41) is 13.8. The summed E-state index contributed by atoms with van der Waals surface area (Å²) in [6, 6.07) is 1.21. The smallest absolute Gasteiger partial charge is 0.205 e. The maximum atomic E-state index is 4.28. The molecule has 2 heterocycles. The third kappa shape index (κ3) is 3.87. The second-order valence-corrected chi connectivity index (χ2v) is 6.55. The van der Waals surface area contributed by atoms with E-state index in [4.69, 9.17) is 0 Å². The van der Waals surface area contributed by atoms with Gasteiger partial charge in [-0.2, -0.15) is 0 Å². The zero-order valence-electron chi connectivity index (χ0n) is 12.4. The summed E-state index contributed by atoms with van der Waals surface area (Å²) in [5.74, 6) is 0. The van der Waals surface area contributed by atoms with Crippen LogP contribution in [0, 0.1) is 0 Å². The molecule has 0 amide bonds. The van der Waals surface area contributed by atoms with Crippen molar-refractivity contribution in [2.75, 3.05) is 32.0 Å². The predicted molar refractivity (Wildman–Crippen MR) is 80.7 cm³/mol. The lowest BCUT2D eigenvalue weighted by Crippen LogP contribution is -2.54. The summed E-state index contributed by atoms with van der Waals surface area (Å²) in [6.45, 7) is 10.8. The molecule has 19 heavy (non-hydrogen) atoms. The Hall–Kier alpha value is -0.720. The summed E-state index contributed by atoms with van der Waals surface area (Å²) in [6.07, 6.45) is 1.11. The highest BCUT2D eigenvalue weighted by Gasteiger charge is 2.26. The van der Waals surface area contributed by atoms with Crippen LogP contribution in [0.15, 0.2) is 0 Å². The zero-order valence-corrected chi connectivity index (χ0v) is 13.2. The molecule has 5 nitrogen and oxygen atoms in total. The number of nitrogens with one attached hydrogen (secondary N) is 1. The van der Waals surface area contributed by atoms with Gasteiger partial charge < -0.3 is 5.32 Å². The fourth-order valence-corrected chi connectivity index (χ4v) is 3.26. The number of nitrogens with zero attached hydrogens (tertiary/aromatic N) is 4. The molecule has 0 saturated carbocycles. The minimum Gasteiger partial charge on any atom is -0.360 e. The average molecular weight is 283 g/mol. The maximum Gasteiger partial charge on any atom is 0.205 e. The van der Waals surface area contributed by atoms with Gasteiger partial charge in [0.05, 0.1) is 6.54 Å². The van der Waals surface area contributed by atoms with Crippen LogP contribution in [-0.4, -0.2) is 58.8 Å². The van der Waals surface area contributed by atoms with Gasteiger partial charge in [0.25, 0.3) is 0 Å². The van der Waals surface area contributed by atoms with Crippen molar-refractivity contribution in [2.24, 2.45) is 0 Å². The van der Waals surface area contributed by atoms with Crippen molar-refractivity contribution < 1.29 is 0 Å². The molecule has 1 saturated heterocycles. The zero-order chi connectivity index (χ0) is 13.8. The Kier molecular flexibility index (Phi) is 5.13. The van der Waals surface area contributed by atoms with Gasteiger partial charge in [0, 0.05) is 31.7 Å². The topological polar surface area (TPSA) is 44.3 Å². The van der Waals surface area contributed by atoms with Gasteiger partial charge in [0.1, 0.15) is 5.01 Å². The van der Waals surface area contributed by atoms with E-state index >= 15 is 0 Å². The van der Waals surface area contributed by atoms with Gasteiger partial charge in [-0.05, 0) is 27.3 Å². The molecule has 1 aliphatic heterocycles. The van der Waals surface area contributed by atoms with Crippen molar-refractivity contribution in [3.05, 3.63) is 5.01 Å². The third-order valence-electron chi connectivity index (χ3n) is 3.79.